The molecule has 38 heavy (non-hydrogen) atoms. The number of hydroxylamine groups is 1. The number of nitrogen functional groups attached to an aromatic ring is 1. The Balaban J connectivity index is 1.51. The molecule has 0 fully saturated rings. The van der Waals surface area contributed by atoms with Crippen molar-refractivity contribution < 1.29 is 27.6 Å². The summed E-state index contributed by atoms with van der Waals surface area (Å²) in [6.45, 7) is 1.78. The van der Waals surface area contributed by atoms with E-state index in [1.807, 2.05) is 6.07 Å². The first-order valence-corrected chi connectivity index (χ1v) is 11.4. The molecule has 1 amide bonds. The van der Waals surface area contributed by atoms with Crippen molar-refractivity contribution >= 4 is 40.6 Å². The van der Waals surface area contributed by atoms with Gasteiger partial charge in [0.1, 0.15) is 5.56 Å². The van der Waals surface area contributed by atoms with Crippen LogP contribution < -0.4 is 16.1 Å². The molecular weight excluding hydrogens is 529 g/mol. The number of hydrogen-bond donors (Lipinski definition) is 2. The molecule has 0 saturated heterocycles. The van der Waals surface area contributed by atoms with Gasteiger partial charge in [-0.2, -0.15) is 23.3 Å². The van der Waals surface area contributed by atoms with Crippen molar-refractivity contribution in [3.8, 4) is 11.3 Å². The Hall–Kier alpha value is -4.59. The highest BCUT2D eigenvalue weighted by atomic mass is 35.5. The molecule has 11 nitrogen and oxygen atoms in total. The standard InChI is InChI=1S/C23H18ClF3N8O3/c1-12(14-8-15(24)16-10-30-11-33(16)18(14)13-4-2-5-29-9-13)31-20(36)17-19(28)32-34-6-3-7-35(21(17)34)38-22(37)23(25,26)27/h2-5,7-12H,6H2,1H3,(H2,28,32)(H,31,36). The lowest BCUT2D eigenvalue weighted by atomic mass is 10.0. The van der Waals surface area contributed by atoms with E-state index >= 15 is 0 Å². The first-order chi connectivity index (χ1) is 18.1. The van der Waals surface area contributed by atoms with Crippen molar-refractivity contribution in [3.63, 3.8) is 0 Å². The quantitative estimate of drug-likeness (QED) is 0.387. The van der Waals surface area contributed by atoms with Gasteiger partial charge in [-0.15, -0.1) is 0 Å². The third-order valence-corrected chi connectivity index (χ3v) is 6.05. The summed E-state index contributed by atoms with van der Waals surface area (Å²) >= 11 is 6.49. The maximum absolute atomic E-state index is 13.4. The highest BCUT2D eigenvalue weighted by molar-refractivity contribution is 6.34. The molecule has 0 spiro atoms. The third-order valence-electron chi connectivity index (χ3n) is 5.75. The Morgan fingerprint density at radius 1 is 1.26 bits per heavy atom. The first kappa shape index (κ1) is 25.1. The molecule has 4 aromatic rings. The number of anilines is 2. The van der Waals surface area contributed by atoms with E-state index < -0.39 is 24.1 Å². The van der Waals surface area contributed by atoms with Crippen LogP contribution in [0.4, 0.5) is 24.8 Å². The van der Waals surface area contributed by atoms with Gasteiger partial charge in [0.15, 0.2) is 11.6 Å². The molecule has 1 aliphatic heterocycles. The minimum Gasteiger partial charge on any atom is -0.381 e. The maximum Gasteiger partial charge on any atom is 0.493 e. The number of hydrogen-bond acceptors (Lipinski definition) is 8. The fraction of sp³-hybridized carbons (Fsp3) is 0.174. The summed E-state index contributed by atoms with van der Waals surface area (Å²) in [5.41, 5.74) is 8.32. The lowest BCUT2D eigenvalue weighted by Gasteiger charge is -2.25. The number of aromatic nitrogens is 5. The number of pyridine rings is 2. The van der Waals surface area contributed by atoms with Crippen molar-refractivity contribution in [2.24, 2.45) is 0 Å². The molecular formula is C23H18ClF3N8O3. The topological polar surface area (TPSA) is 133 Å². The number of imidazole rings is 1. The van der Waals surface area contributed by atoms with E-state index in [-0.39, 0.29) is 23.7 Å². The Kier molecular flexibility index (Phi) is 6.18. The van der Waals surface area contributed by atoms with Crippen LogP contribution >= 0.6 is 11.6 Å². The average Bonchev–Trinajstić information content (AvgIpc) is 3.49. The zero-order valence-electron chi connectivity index (χ0n) is 19.5. The van der Waals surface area contributed by atoms with Crippen LogP contribution in [0, 0.1) is 0 Å². The van der Waals surface area contributed by atoms with Crippen LogP contribution in [-0.2, 0) is 16.2 Å². The predicted molar refractivity (Wildman–Crippen MR) is 130 cm³/mol. The number of fused-ring (bicyclic) bond motifs is 2. The molecule has 4 aromatic heterocycles. The second-order valence-electron chi connectivity index (χ2n) is 8.23. The minimum absolute atomic E-state index is 0.0838. The molecule has 0 aliphatic carbocycles. The van der Waals surface area contributed by atoms with Crippen molar-refractivity contribution in [2.45, 2.75) is 25.7 Å². The van der Waals surface area contributed by atoms with Gasteiger partial charge in [-0.25, -0.2) is 14.5 Å². The van der Waals surface area contributed by atoms with Gasteiger partial charge in [-0.3, -0.25) is 14.2 Å². The molecule has 196 valence electrons. The lowest BCUT2D eigenvalue weighted by Crippen LogP contribution is -2.36. The second kappa shape index (κ2) is 9.37. The van der Waals surface area contributed by atoms with E-state index in [0.717, 1.165) is 16.4 Å². The SMILES string of the molecule is CC(NC(=O)c1c(N)nn2c1N(OC(=O)C(F)(F)F)C=CC2)c1cc(Cl)c2cncn2c1-c1cccnc1. The van der Waals surface area contributed by atoms with Crippen LogP contribution in [0.25, 0.3) is 16.8 Å². The molecule has 0 aromatic carbocycles. The van der Waals surface area contributed by atoms with Crippen LogP contribution in [0.5, 0.6) is 0 Å². The van der Waals surface area contributed by atoms with E-state index in [2.05, 4.69) is 25.2 Å². The number of allylic oxidation sites excluding steroid dienone is 1. The van der Waals surface area contributed by atoms with E-state index in [0.29, 0.717) is 26.9 Å². The Labute approximate surface area is 217 Å². The zero-order valence-corrected chi connectivity index (χ0v) is 20.2. The summed E-state index contributed by atoms with van der Waals surface area (Å²) in [7, 11) is 0. The van der Waals surface area contributed by atoms with Crippen LogP contribution in [0.2, 0.25) is 5.02 Å². The predicted octanol–water partition coefficient (Wildman–Crippen LogP) is 3.67. The average molecular weight is 547 g/mol. The molecule has 3 N–H and O–H groups in total. The van der Waals surface area contributed by atoms with Gasteiger partial charge in [0.05, 0.1) is 41.3 Å². The number of nitrogens with two attached hydrogens (primary N) is 1. The van der Waals surface area contributed by atoms with E-state index in [4.69, 9.17) is 17.3 Å². The van der Waals surface area contributed by atoms with Crippen LogP contribution in [0.1, 0.15) is 28.9 Å². The molecule has 1 aliphatic rings. The number of halogens is 4. The van der Waals surface area contributed by atoms with E-state index in [9.17, 15) is 22.8 Å². The van der Waals surface area contributed by atoms with Gasteiger partial charge < -0.3 is 15.9 Å². The van der Waals surface area contributed by atoms with Gasteiger partial charge >= 0.3 is 12.1 Å². The minimum atomic E-state index is -5.26. The maximum atomic E-state index is 13.4. The molecule has 5 heterocycles. The summed E-state index contributed by atoms with van der Waals surface area (Å²) in [5, 5.41) is 7.69. The van der Waals surface area contributed by atoms with Gasteiger partial charge in [0.2, 0.25) is 0 Å². The largest absolute Gasteiger partial charge is 0.493 e. The third kappa shape index (κ3) is 4.38. The molecule has 1 unspecified atom stereocenters. The first-order valence-electron chi connectivity index (χ1n) is 11.0. The summed E-state index contributed by atoms with van der Waals surface area (Å²) in [5.74, 6) is -3.74. The van der Waals surface area contributed by atoms with Crippen LogP contribution in [0.3, 0.4) is 0 Å². The molecule has 0 saturated carbocycles. The summed E-state index contributed by atoms with van der Waals surface area (Å²) in [6.07, 6.45) is 3.64. The second-order valence-corrected chi connectivity index (χ2v) is 8.64. The number of rotatable bonds is 5. The molecule has 5 rings (SSSR count). The summed E-state index contributed by atoms with van der Waals surface area (Å²) in [6, 6.07) is 4.58. The summed E-state index contributed by atoms with van der Waals surface area (Å²) in [4.78, 5) is 37.7. The number of carbonyl (C=O) groups is 2. The summed E-state index contributed by atoms with van der Waals surface area (Å²) < 4.78 is 41.4. The molecule has 15 heteroatoms. The van der Waals surface area contributed by atoms with Gasteiger partial charge in [-0.1, -0.05) is 11.6 Å². The Morgan fingerprint density at radius 2 is 2.05 bits per heavy atom. The Morgan fingerprint density at radius 3 is 2.76 bits per heavy atom. The Bertz CT molecular complexity index is 1580. The van der Waals surface area contributed by atoms with Crippen molar-refractivity contribution in [1.29, 1.82) is 0 Å². The normalized spacial score (nSPS) is 13.9. The van der Waals surface area contributed by atoms with Crippen molar-refractivity contribution in [2.75, 3.05) is 10.8 Å². The van der Waals surface area contributed by atoms with E-state index in [1.165, 1.54) is 6.08 Å². The number of amides is 1. The smallest absolute Gasteiger partial charge is 0.381 e. The highest BCUT2D eigenvalue weighted by Crippen LogP contribution is 2.35. The number of alkyl halides is 3. The van der Waals surface area contributed by atoms with Gasteiger partial charge in [0.25, 0.3) is 5.91 Å². The number of nitrogens with zero attached hydrogens (tertiary/aromatic N) is 6. The van der Waals surface area contributed by atoms with Gasteiger partial charge in [-0.05, 0) is 31.2 Å². The lowest BCUT2D eigenvalue weighted by molar-refractivity contribution is -0.200. The molecule has 1 atom stereocenters. The molecule has 0 radical (unpaired) electrons. The number of nitrogens with one attached hydrogen (secondary N) is 1. The number of carbonyl (C=O) groups excluding carboxylic acids is 2. The van der Waals surface area contributed by atoms with E-state index in [1.54, 1.807) is 48.4 Å². The fourth-order valence-corrected chi connectivity index (χ4v) is 4.38. The van der Waals surface area contributed by atoms with Gasteiger partial charge in [0, 0.05) is 29.7 Å². The zero-order chi connectivity index (χ0) is 27.2. The van der Waals surface area contributed by atoms with Crippen molar-refractivity contribution in [3.05, 3.63) is 71.5 Å². The fourth-order valence-electron chi connectivity index (χ4n) is 4.12. The highest BCUT2D eigenvalue weighted by Gasteiger charge is 2.44. The molecule has 0 bridgehead atoms. The van der Waals surface area contributed by atoms with Crippen LogP contribution in [-0.4, -0.2) is 42.2 Å². The monoisotopic (exact) mass is 546 g/mol. The van der Waals surface area contributed by atoms with Crippen LogP contribution in [0.15, 0.2) is 55.4 Å². The van der Waals surface area contributed by atoms with Crippen molar-refractivity contribution in [1.82, 2.24) is 29.5 Å².